The average Bonchev–Trinajstić information content (AvgIpc) is 2.42. The number of benzene rings is 1. The van der Waals surface area contributed by atoms with E-state index in [1.165, 1.54) is 0 Å². The molecule has 1 fully saturated rings. The molecule has 1 amide bonds. The topological polar surface area (TPSA) is 50.4 Å². The Bertz CT molecular complexity index is 434. The molecular weight excluding hydrogens is 287 g/mol. The van der Waals surface area contributed by atoms with Gasteiger partial charge in [-0.2, -0.15) is 0 Å². The number of nitrogens with one attached hydrogen (secondary N) is 2. The monoisotopic (exact) mass is 304 g/mol. The summed E-state index contributed by atoms with van der Waals surface area (Å²) < 4.78 is 5.46. The van der Waals surface area contributed by atoms with Gasteiger partial charge >= 0.3 is 0 Å². The molecule has 1 aliphatic rings. The van der Waals surface area contributed by atoms with Crippen LogP contribution in [0.5, 0.6) is 0 Å². The molecular formula is C13H18Cl2N2O2. The summed E-state index contributed by atoms with van der Waals surface area (Å²) >= 11 is 6.03. The lowest BCUT2D eigenvalue weighted by Gasteiger charge is -2.34. The van der Waals surface area contributed by atoms with Crippen LogP contribution in [-0.4, -0.2) is 31.7 Å². The minimum Gasteiger partial charge on any atom is -0.368 e. The van der Waals surface area contributed by atoms with Crippen molar-refractivity contribution in [1.29, 1.82) is 0 Å². The van der Waals surface area contributed by atoms with E-state index in [0.717, 1.165) is 13.1 Å². The number of hydrogen-bond acceptors (Lipinski definition) is 3. The van der Waals surface area contributed by atoms with Crippen molar-refractivity contribution < 1.29 is 9.53 Å². The first kappa shape index (κ1) is 16.2. The van der Waals surface area contributed by atoms with Gasteiger partial charge in [0.05, 0.1) is 10.7 Å². The van der Waals surface area contributed by atoms with E-state index in [-0.39, 0.29) is 18.3 Å². The van der Waals surface area contributed by atoms with Gasteiger partial charge in [-0.3, -0.25) is 4.79 Å². The molecule has 4 nitrogen and oxygen atoms in total. The van der Waals surface area contributed by atoms with Crippen molar-refractivity contribution in [1.82, 2.24) is 5.32 Å². The maximum atomic E-state index is 12.4. The maximum Gasteiger partial charge on any atom is 0.256 e. The molecule has 106 valence electrons. The van der Waals surface area contributed by atoms with Crippen LogP contribution in [0, 0.1) is 0 Å². The summed E-state index contributed by atoms with van der Waals surface area (Å²) in [5, 5.41) is 6.60. The van der Waals surface area contributed by atoms with Gasteiger partial charge in [-0.1, -0.05) is 23.7 Å². The smallest absolute Gasteiger partial charge is 0.256 e. The molecule has 2 rings (SSSR count). The van der Waals surface area contributed by atoms with Gasteiger partial charge in [0.25, 0.3) is 5.91 Å². The Morgan fingerprint density at radius 2 is 2.00 bits per heavy atom. The average molecular weight is 305 g/mol. The molecule has 19 heavy (non-hydrogen) atoms. The Labute approximate surface area is 124 Å². The first-order valence-electron chi connectivity index (χ1n) is 6.00. The minimum absolute atomic E-state index is 0. The molecule has 0 aromatic heterocycles. The van der Waals surface area contributed by atoms with Gasteiger partial charge in [0.15, 0.2) is 0 Å². The summed E-state index contributed by atoms with van der Waals surface area (Å²) in [5.41, 5.74) is -0.121. The lowest BCUT2D eigenvalue weighted by atomic mass is 9.91. The van der Waals surface area contributed by atoms with Crippen LogP contribution in [0.2, 0.25) is 5.02 Å². The van der Waals surface area contributed by atoms with Crippen molar-refractivity contribution in [3.8, 4) is 0 Å². The third-order valence-corrected chi connectivity index (χ3v) is 3.67. The molecule has 6 heteroatoms. The Morgan fingerprint density at radius 3 is 2.58 bits per heavy atom. The number of carbonyl (C=O) groups excluding carboxylic acids is 1. The molecule has 1 heterocycles. The number of hydrogen-bond donors (Lipinski definition) is 2. The van der Waals surface area contributed by atoms with Crippen molar-refractivity contribution >= 4 is 35.6 Å². The summed E-state index contributed by atoms with van der Waals surface area (Å²) in [5.74, 6) is -0.125. The highest BCUT2D eigenvalue weighted by Gasteiger charge is 2.39. The maximum absolute atomic E-state index is 12.4. The first-order valence-corrected chi connectivity index (χ1v) is 6.38. The molecule has 1 aromatic carbocycles. The van der Waals surface area contributed by atoms with E-state index in [9.17, 15) is 4.79 Å². The molecule has 1 saturated heterocycles. The van der Waals surface area contributed by atoms with E-state index >= 15 is 0 Å². The van der Waals surface area contributed by atoms with E-state index in [2.05, 4.69) is 10.6 Å². The number of anilines is 1. The van der Waals surface area contributed by atoms with Gasteiger partial charge in [0, 0.05) is 7.11 Å². The minimum atomic E-state index is -0.746. The van der Waals surface area contributed by atoms with Gasteiger partial charge in [0.1, 0.15) is 5.60 Å². The van der Waals surface area contributed by atoms with Gasteiger partial charge in [0.2, 0.25) is 0 Å². The summed E-state index contributed by atoms with van der Waals surface area (Å²) in [6.45, 7) is 1.56. The zero-order valence-corrected chi connectivity index (χ0v) is 12.3. The highest BCUT2D eigenvalue weighted by molar-refractivity contribution is 6.33. The number of methoxy groups -OCH3 is 1. The molecule has 0 saturated carbocycles. The fraction of sp³-hybridized carbons (Fsp3) is 0.462. The van der Waals surface area contributed by atoms with Crippen LogP contribution in [0.4, 0.5) is 5.69 Å². The number of ether oxygens (including phenoxy) is 1. The number of rotatable bonds is 3. The van der Waals surface area contributed by atoms with Crippen molar-refractivity contribution in [3.05, 3.63) is 29.3 Å². The molecule has 0 radical (unpaired) electrons. The molecule has 0 aliphatic carbocycles. The van der Waals surface area contributed by atoms with Crippen LogP contribution in [0.1, 0.15) is 12.8 Å². The number of halogens is 2. The van der Waals surface area contributed by atoms with Crippen LogP contribution >= 0.6 is 24.0 Å². The highest BCUT2D eigenvalue weighted by atomic mass is 35.5. The van der Waals surface area contributed by atoms with Gasteiger partial charge < -0.3 is 15.4 Å². The Morgan fingerprint density at radius 1 is 1.37 bits per heavy atom. The zero-order chi connectivity index (χ0) is 13.0. The SMILES string of the molecule is COC1(C(=O)Nc2ccccc2Cl)CCNCC1.Cl. The molecule has 0 bridgehead atoms. The van der Waals surface area contributed by atoms with Gasteiger partial charge in [-0.05, 0) is 38.1 Å². The summed E-state index contributed by atoms with van der Waals surface area (Å²) in [4.78, 5) is 12.4. The number of carbonyl (C=O) groups is 1. The zero-order valence-electron chi connectivity index (χ0n) is 10.7. The fourth-order valence-electron chi connectivity index (χ4n) is 2.15. The third kappa shape index (κ3) is 3.60. The lowest BCUT2D eigenvalue weighted by Crippen LogP contribution is -2.51. The predicted molar refractivity (Wildman–Crippen MR) is 79.2 cm³/mol. The molecule has 0 unspecified atom stereocenters. The Kier molecular flexibility index (Phi) is 6.07. The van der Waals surface area contributed by atoms with Crippen LogP contribution in [0.3, 0.4) is 0 Å². The van der Waals surface area contributed by atoms with Crippen molar-refractivity contribution in [2.24, 2.45) is 0 Å². The standard InChI is InChI=1S/C13H17ClN2O2.ClH/c1-18-13(6-8-15-9-7-13)12(17)16-11-5-3-2-4-10(11)14;/h2-5,15H,6-9H2,1H3,(H,16,17);1H. The van der Waals surface area contributed by atoms with Crippen molar-refractivity contribution in [2.75, 3.05) is 25.5 Å². The molecule has 0 atom stereocenters. The van der Waals surface area contributed by atoms with Crippen LogP contribution < -0.4 is 10.6 Å². The number of para-hydroxylation sites is 1. The largest absolute Gasteiger partial charge is 0.368 e. The Balaban J connectivity index is 0.00000180. The van der Waals surface area contributed by atoms with E-state index in [1.54, 1.807) is 19.2 Å². The van der Waals surface area contributed by atoms with E-state index in [1.807, 2.05) is 12.1 Å². The van der Waals surface area contributed by atoms with Gasteiger partial charge in [-0.25, -0.2) is 0 Å². The second-order valence-electron chi connectivity index (χ2n) is 4.38. The normalized spacial score (nSPS) is 17.4. The van der Waals surface area contributed by atoms with E-state index in [0.29, 0.717) is 23.6 Å². The van der Waals surface area contributed by atoms with Crippen molar-refractivity contribution in [3.63, 3.8) is 0 Å². The lowest BCUT2D eigenvalue weighted by molar-refractivity contribution is -0.140. The fourth-order valence-corrected chi connectivity index (χ4v) is 2.34. The van der Waals surface area contributed by atoms with Gasteiger partial charge in [-0.15, -0.1) is 12.4 Å². The summed E-state index contributed by atoms with van der Waals surface area (Å²) in [6.07, 6.45) is 1.33. The van der Waals surface area contributed by atoms with E-state index < -0.39 is 5.60 Å². The second-order valence-corrected chi connectivity index (χ2v) is 4.79. The third-order valence-electron chi connectivity index (χ3n) is 3.34. The number of amides is 1. The number of piperidine rings is 1. The second kappa shape index (κ2) is 7.10. The van der Waals surface area contributed by atoms with E-state index in [4.69, 9.17) is 16.3 Å². The molecule has 2 N–H and O–H groups in total. The van der Waals surface area contributed by atoms with Crippen LogP contribution in [-0.2, 0) is 9.53 Å². The molecule has 1 aromatic rings. The Hall–Kier alpha value is -0.810. The van der Waals surface area contributed by atoms with Crippen molar-refractivity contribution in [2.45, 2.75) is 18.4 Å². The summed E-state index contributed by atoms with van der Waals surface area (Å²) in [7, 11) is 1.58. The van der Waals surface area contributed by atoms with Crippen LogP contribution in [0.25, 0.3) is 0 Å². The first-order chi connectivity index (χ1) is 8.68. The predicted octanol–water partition coefficient (Wildman–Crippen LogP) is 2.47. The van der Waals surface area contributed by atoms with Crippen LogP contribution in [0.15, 0.2) is 24.3 Å². The molecule has 0 spiro atoms. The quantitative estimate of drug-likeness (QED) is 0.902. The highest BCUT2D eigenvalue weighted by Crippen LogP contribution is 2.27. The summed E-state index contributed by atoms with van der Waals surface area (Å²) in [6, 6.07) is 7.20. The molecule has 1 aliphatic heterocycles.